The Kier molecular flexibility index (Phi) is 10.6. The van der Waals surface area contributed by atoms with Crippen molar-refractivity contribution in [2.75, 3.05) is 44.7 Å². The number of piperidine rings is 2. The van der Waals surface area contributed by atoms with Crippen molar-refractivity contribution in [1.82, 2.24) is 15.1 Å². The zero-order chi connectivity index (χ0) is 21.3. The van der Waals surface area contributed by atoms with Crippen LogP contribution in [-0.2, 0) is 16.1 Å². The number of imide groups is 1. The fraction of sp³-hybridized carbons (Fsp3) is 0.609. The lowest BCUT2D eigenvalue weighted by Crippen LogP contribution is -2.42. The van der Waals surface area contributed by atoms with Gasteiger partial charge in [0.15, 0.2) is 5.96 Å². The van der Waals surface area contributed by atoms with E-state index in [0.717, 1.165) is 32.1 Å². The third-order valence-corrected chi connectivity index (χ3v) is 5.74. The molecule has 31 heavy (non-hydrogen) atoms. The van der Waals surface area contributed by atoms with E-state index in [2.05, 4.69) is 44.4 Å². The summed E-state index contributed by atoms with van der Waals surface area (Å²) in [6, 6.07) is 8.81. The first-order valence-corrected chi connectivity index (χ1v) is 11.2. The van der Waals surface area contributed by atoms with E-state index in [1.165, 1.54) is 35.4 Å². The summed E-state index contributed by atoms with van der Waals surface area (Å²) in [5, 5.41) is 3.31. The lowest BCUT2D eigenvalue weighted by atomic mass is 10.1. The number of hydrogen-bond acceptors (Lipinski definition) is 4. The van der Waals surface area contributed by atoms with Crippen molar-refractivity contribution in [2.45, 2.75) is 52.0 Å². The number of hydrogen-bond donors (Lipinski definition) is 1. The molecule has 0 aromatic heterocycles. The molecule has 7 nitrogen and oxygen atoms in total. The van der Waals surface area contributed by atoms with E-state index < -0.39 is 0 Å². The summed E-state index contributed by atoms with van der Waals surface area (Å²) in [7, 11) is 2.01. The van der Waals surface area contributed by atoms with Crippen LogP contribution in [0.15, 0.2) is 29.3 Å². The molecule has 0 atom stereocenters. The number of carbonyl (C=O) groups excluding carboxylic acids is 2. The molecule has 2 aliphatic heterocycles. The molecular formula is C23H36IN5O2. The summed E-state index contributed by atoms with van der Waals surface area (Å²) in [5.74, 6) is 0.636. The van der Waals surface area contributed by atoms with E-state index in [1.807, 2.05) is 14.0 Å². The van der Waals surface area contributed by atoms with Crippen LogP contribution in [0.5, 0.6) is 0 Å². The first kappa shape index (κ1) is 25.4. The maximum atomic E-state index is 12.0. The molecule has 0 spiro atoms. The molecule has 2 fully saturated rings. The first-order valence-electron chi connectivity index (χ1n) is 11.2. The van der Waals surface area contributed by atoms with Crippen LogP contribution in [0.2, 0.25) is 0 Å². The lowest BCUT2D eigenvalue weighted by molar-refractivity contribution is -0.147. The van der Waals surface area contributed by atoms with Gasteiger partial charge >= 0.3 is 0 Å². The van der Waals surface area contributed by atoms with E-state index in [4.69, 9.17) is 0 Å². The Morgan fingerprint density at radius 2 is 1.68 bits per heavy atom. The highest BCUT2D eigenvalue weighted by atomic mass is 127. The van der Waals surface area contributed by atoms with Gasteiger partial charge in [-0.2, -0.15) is 0 Å². The van der Waals surface area contributed by atoms with Gasteiger partial charge in [-0.05, 0) is 50.3 Å². The molecule has 0 saturated carbocycles. The van der Waals surface area contributed by atoms with E-state index in [0.29, 0.717) is 32.4 Å². The lowest BCUT2D eigenvalue weighted by Gasteiger charge is -2.29. The van der Waals surface area contributed by atoms with Gasteiger partial charge in [0.1, 0.15) is 0 Å². The number of nitrogens with one attached hydrogen (secondary N) is 1. The number of likely N-dealkylation sites (tertiary alicyclic amines) is 1. The Balaban J connectivity index is 0.00000341. The molecule has 8 heteroatoms. The molecular weight excluding hydrogens is 505 g/mol. The van der Waals surface area contributed by atoms with Crippen molar-refractivity contribution in [1.29, 1.82) is 0 Å². The standard InChI is InChI=1S/C23H35N5O2.HI/c1-3-24-23(25-14-17-28-21(29)8-7-9-22(28)30)26(2)18-19-10-12-20(13-11-19)27-15-5-4-6-16-27;/h10-13H,3-9,14-18H2,1-2H3,(H,24,25);1H. The summed E-state index contributed by atoms with van der Waals surface area (Å²) < 4.78 is 0. The van der Waals surface area contributed by atoms with Crippen molar-refractivity contribution in [3.63, 3.8) is 0 Å². The number of carbonyl (C=O) groups is 2. The van der Waals surface area contributed by atoms with E-state index >= 15 is 0 Å². The second kappa shape index (κ2) is 12.9. The third-order valence-electron chi connectivity index (χ3n) is 5.74. The highest BCUT2D eigenvalue weighted by Crippen LogP contribution is 2.20. The van der Waals surface area contributed by atoms with Gasteiger partial charge in [-0.15, -0.1) is 24.0 Å². The van der Waals surface area contributed by atoms with Crippen LogP contribution in [0.25, 0.3) is 0 Å². The average molecular weight is 541 g/mol. The number of anilines is 1. The summed E-state index contributed by atoms with van der Waals surface area (Å²) >= 11 is 0. The SMILES string of the molecule is CCNC(=NCCN1C(=O)CCCC1=O)N(C)Cc1ccc(N2CCCCC2)cc1.I. The van der Waals surface area contributed by atoms with Crippen molar-refractivity contribution in [3.8, 4) is 0 Å². The fourth-order valence-corrected chi connectivity index (χ4v) is 4.09. The molecule has 0 unspecified atom stereocenters. The van der Waals surface area contributed by atoms with Crippen LogP contribution >= 0.6 is 24.0 Å². The quantitative estimate of drug-likeness (QED) is 0.249. The Labute approximate surface area is 203 Å². The van der Waals surface area contributed by atoms with E-state index in [1.54, 1.807) is 0 Å². The molecule has 2 heterocycles. The summed E-state index contributed by atoms with van der Waals surface area (Å²) in [6.45, 7) is 6.61. The molecule has 172 valence electrons. The minimum absolute atomic E-state index is 0. The van der Waals surface area contributed by atoms with E-state index in [-0.39, 0.29) is 35.8 Å². The Hall–Kier alpha value is -1.84. The Bertz CT molecular complexity index is 731. The van der Waals surface area contributed by atoms with Gasteiger partial charge in [-0.25, -0.2) is 0 Å². The highest BCUT2D eigenvalue weighted by molar-refractivity contribution is 14.0. The number of rotatable bonds is 7. The maximum absolute atomic E-state index is 12.0. The monoisotopic (exact) mass is 541 g/mol. The highest BCUT2D eigenvalue weighted by Gasteiger charge is 2.25. The largest absolute Gasteiger partial charge is 0.372 e. The molecule has 0 radical (unpaired) electrons. The van der Waals surface area contributed by atoms with Gasteiger partial charge in [-0.3, -0.25) is 19.5 Å². The average Bonchev–Trinajstić information content (AvgIpc) is 2.76. The summed E-state index contributed by atoms with van der Waals surface area (Å²) in [4.78, 5) is 34.4. The zero-order valence-electron chi connectivity index (χ0n) is 18.8. The van der Waals surface area contributed by atoms with Crippen LogP contribution in [0, 0.1) is 0 Å². The number of aliphatic imine (C=N–C) groups is 1. The molecule has 2 saturated heterocycles. The second-order valence-corrected chi connectivity index (χ2v) is 8.10. The van der Waals surface area contributed by atoms with Gasteiger partial charge in [0, 0.05) is 58.3 Å². The third kappa shape index (κ3) is 7.36. The normalized spacial score (nSPS) is 17.4. The number of halogens is 1. The van der Waals surface area contributed by atoms with Gasteiger partial charge in [0.2, 0.25) is 11.8 Å². The maximum Gasteiger partial charge on any atom is 0.229 e. The van der Waals surface area contributed by atoms with Crippen molar-refractivity contribution in [2.24, 2.45) is 4.99 Å². The fourth-order valence-electron chi connectivity index (χ4n) is 4.09. The number of benzene rings is 1. The Morgan fingerprint density at radius 3 is 2.29 bits per heavy atom. The second-order valence-electron chi connectivity index (χ2n) is 8.10. The van der Waals surface area contributed by atoms with Crippen molar-refractivity contribution < 1.29 is 9.59 Å². The van der Waals surface area contributed by atoms with Gasteiger partial charge < -0.3 is 15.1 Å². The minimum atomic E-state index is -0.0754. The smallest absolute Gasteiger partial charge is 0.229 e. The molecule has 1 aromatic carbocycles. The first-order chi connectivity index (χ1) is 14.6. The number of guanidine groups is 1. The van der Waals surface area contributed by atoms with E-state index in [9.17, 15) is 9.59 Å². The predicted molar refractivity (Wildman–Crippen MR) is 136 cm³/mol. The molecule has 2 aliphatic rings. The van der Waals surface area contributed by atoms with Gasteiger partial charge in [-0.1, -0.05) is 12.1 Å². The number of nitrogens with zero attached hydrogens (tertiary/aromatic N) is 4. The van der Waals surface area contributed by atoms with Gasteiger partial charge in [0.25, 0.3) is 0 Å². The topological polar surface area (TPSA) is 68.2 Å². The molecule has 3 rings (SSSR count). The molecule has 0 bridgehead atoms. The number of amides is 2. The molecule has 1 N–H and O–H groups in total. The van der Waals surface area contributed by atoms with Crippen LogP contribution in [0.1, 0.15) is 51.0 Å². The molecule has 1 aromatic rings. The molecule has 0 aliphatic carbocycles. The van der Waals surface area contributed by atoms with Crippen LogP contribution in [-0.4, -0.2) is 67.3 Å². The van der Waals surface area contributed by atoms with Crippen molar-refractivity contribution >= 4 is 47.4 Å². The predicted octanol–water partition coefficient (Wildman–Crippen LogP) is 3.23. The van der Waals surface area contributed by atoms with Crippen LogP contribution < -0.4 is 10.2 Å². The summed E-state index contributed by atoms with van der Waals surface area (Å²) in [5.41, 5.74) is 2.53. The Morgan fingerprint density at radius 1 is 1.03 bits per heavy atom. The van der Waals surface area contributed by atoms with Gasteiger partial charge in [0.05, 0.1) is 6.54 Å². The van der Waals surface area contributed by atoms with Crippen LogP contribution in [0.4, 0.5) is 5.69 Å². The summed E-state index contributed by atoms with van der Waals surface area (Å²) in [6.07, 6.45) is 5.49. The van der Waals surface area contributed by atoms with Crippen molar-refractivity contribution in [3.05, 3.63) is 29.8 Å². The van der Waals surface area contributed by atoms with Crippen LogP contribution in [0.3, 0.4) is 0 Å². The molecule has 2 amide bonds. The minimum Gasteiger partial charge on any atom is -0.372 e. The zero-order valence-corrected chi connectivity index (χ0v) is 21.1.